The molecule has 21 heavy (non-hydrogen) atoms. The number of ether oxygens (including phenoxy) is 2. The summed E-state index contributed by atoms with van der Waals surface area (Å²) in [6.07, 6.45) is 1.03. The zero-order valence-electron chi connectivity index (χ0n) is 13.5. The van der Waals surface area contributed by atoms with Gasteiger partial charge < -0.3 is 19.3 Å². The summed E-state index contributed by atoms with van der Waals surface area (Å²) in [7, 11) is 0. The van der Waals surface area contributed by atoms with Crippen molar-refractivity contribution in [2.24, 2.45) is 0 Å². The number of likely N-dealkylation sites (N-methyl/N-ethyl adjacent to an activating group) is 1. The van der Waals surface area contributed by atoms with Crippen LogP contribution in [0.4, 0.5) is 0 Å². The minimum atomic E-state index is 0.762. The molecule has 1 heterocycles. The van der Waals surface area contributed by atoms with Crippen LogP contribution in [0.2, 0.25) is 0 Å². The molecule has 0 bridgehead atoms. The topological polar surface area (TPSA) is 27.3 Å². The molecule has 1 aromatic carbocycles. The molecule has 0 aliphatic carbocycles. The number of benzene rings is 1. The van der Waals surface area contributed by atoms with Gasteiger partial charge in [-0.05, 0) is 25.5 Å². The molecule has 1 saturated heterocycles. The van der Waals surface area contributed by atoms with Crippen LogP contribution in [0.25, 0.3) is 0 Å². The molecule has 0 unspecified atom stereocenters. The van der Waals surface area contributed by atoms with Gasteiger partial charge in [0.25, 0.3) is 0 Å². The Labute approximate surface area is 128 Å². The van der Waals surface area contributed by atoms with Crippen LogP contribution in [-0.4, -0.2) is 52.5 Å². The number of quaternary nitrogens is 2. The molecule has 0 radical (unpaired) electrons. The molecular weight excluding hydrogens is 264 g/mol. The third-order valence-electron chi connectivity index (χ3n) is 4.17. The van der Waals surface area contributed by atoms with Crippen LogP contribution in [-0.2, 0) is 0 Å². The maximum atomic E-state index is 5.87. The minimum absolute atomic E-state index is 0.762. The lowest BCUT2D eigenvalue weighted by Crippen LogP contribution is -3.28. The molecule has 2 N–H and O–H groups in total. The lowest BCUT2D eigenvalue weighted by molar-refractivity contribution is -1.01. The lowest BCUT2D eigenvalue weighted by atomic mass is 10.3. The van der Waals surface area contributed by atoms with Crippen LogP contribution >= 0.6 is 0 Å². The van der Waals surface area contributed by atoms with Crippen LogP contribution in [0, 0.1) is 0 Å². The largest absolute Gasteiger partial charge is 0.493 e. The molecule has 2 rings (SSSR count). The van der Waals surface area contributed by atoms with Crippen molar-refractivity contribution in [3.63, 3.8) is 0 Å². The predicted octanol–water partition coefficient (Wildman–Crippen LogP) is -0.342. The number of hydrogen-bond donors (Lipinski definition) is 2. The molecule has 1 aliphatic rings. The summed E-state index contributed by atoms with van der Waals surface area (Å²) in [5, 5.41) is 0. The van der Waals surface area contributed by atoms with E-state index in [4.69, 9.17) is 9.47 Å². The maximum Gasteiger partial charge on any atom is 0.137 e. The summed E-state index contributed by atoms with van der Waals surface area (Å²) in [6, 6.07) is 7.98. The first-order valence-electron chi connectivity index (χ1n) is 8.34. The maximum absolute atomic E-state index is 5.87. The quantitative estimate of drug-likeness (QED) is 0.686. The second-order valence-corrected chi connectivity index (χ2v) is 5.78. The zero-order chi connectivity index (χ0) is 14.9. The molecule has 0 spiro atoms. The highest BCUT2D eigenvalue weighted by Gasteiger charge is 2.20. The van der Waals surface area contributed by atoms with Gasteiger partial charge in [-0.1, -0.05) is 13.0 Å². The molecule has 0 saturated carbocycles. The average Bonchev–Trinajstić information content (AvgIpc) is 2.54. The molecule has 0 atom stereocenters. The van der Waals surface area contributed by atoms with Crippen LogP contribution in [0.3, 0.4) is 0 Å². The van der Waals surface area contributed by atoms with E-state index in [1.54, 1.807) is 9.80 Å². The Kier molecular flexibility index (Phi) is 6.83. The van der Waals surface area contributed by atoms with Crippen molar-refractivity contribution in [2.75, 3.05) is 52.5 Å². The molecular formula is C17H30N2O2+2. The van der Waals surface area contributed by atoms with Gasteiger partial charge >= 0.3 is 0 Å². The fraction of sp³-hybridized carbons (Fsp3) is 0.647. The predicted molar refractivity (Wildman–Crippen MR) is 84.5 cm³/mol. The molecule has 4 heteroatoms. The van der Waals surface area contributed by atoms with Crippen LogP contribution < -0.4 is 19.3 Å². The number of nitrogens with one attached hydrogen (secondary N) is 2. The van der Waals surface area contributed by atoms with Crippen LogP contribution in [0.1, 0.15) is 20.3 Å². The third-order valence-corrected chi connectivity index (χ3v) is 4.17. The van der Waals surface area contributed by atoms with Gasteiger partial charge in [-0.25, -0.2) is 0 Å². The Bertz CT molecular complexity index is 404. The summed E-state index contributed by atoms with van der Waals surface area (Å²) < 4.78 is 11.5. The van der Waals surface area contributed by atoms with E-state index in [0.717, 1.165) is 37.7 Å². The van der Waals surface area contributed by atoms with E-state index < -0.39 is 0 Å². The van der Waals surface area contributed by atoms with E-state index in [1.807, 2.05) is 24.3 Å². The average molecular weight is 294 g/mol. The summed E-state index contributed by atoms with van der Waals surface area (Å²) in [5.74, 6) is 1.82. The van der Waals surface area contributed by atoms with E-state index in [0.29, 0.717) is 0 Å². The second kappa shape index (κ2) is 8.90. The highest BCUT2D eigenvalue weighted by atomic mass is 16.5. The van der Waals surface area contributed by atoms with Gasteiger partial charge in [0.1, 0.15) is 50.8 Å². The fourth-order valence-electron chi connectivity index (χ4n) is 2.75. The fourth-order valence-corrected chi connectivity index (χ4v) is 2.75. The third kappa shape index (κ3) is 5.56. The standard InChI is InChI=1S/C17H28N2O2/c1-3-13-20-16-6-5-7-17(15-16)21-14-12-19-10-8-18(4-2)9-11-19/h5-7,15H,3-4,8-14H2,1-2H3/p+2. The molecule has 1 aliphatic heterocycles. The first-order chi connectivity index (χ1) is 10.3. The van der Waals surface area contributed by atoms with Crippen molar-refractivity contribution in [2.45, 2.75) is 20.3 Å². The Morgan fingerprint density at radius 2 is 1.52 bits per heavy atom. The van der Waals surface area contributed by atoms with E-state index in [1.165, 1.54) is 32.7 Å². The van der Waals surface area contributed by atoms with Gasteiger partial charge in [-0.2, -0.15) is 0 Å². The van der Waals surface area contributed by atoms with Crippen LogP contribution in [0.15, 0.2) is 24.3 Å². The zero-order valence-corrected chi connectivity index (χ0v) is 13.5. The number of rotatable bonds is 8. The molecule has 1 fully saturated rings. The normalized spacial score (nSPS) is 22.0. The van der Waals surface area contributed by atoms with E-state index in [2.05, 4.69) is 13.8 Å². The highest BCUT2D eigenvalue weighted by Crippen LogP contribution is 2.19. The van der Waals surface area contributed by atoms with Gasteiger partial charge in [-0.15, -0.1) is 0 Å². The smallest absolute Gasteiger partial charge is 0.137 e. The Hall–Kier alpha value is -1.26. The molecule has 4 nitrogen and oxygen atoms in total. The molecule has 0 amide bonds. The molecule has 118 valence electrons. The van der Waals surface area contributed by atoms with Crippen molar-refractivity contribution in [3.05, 3.63) is 24.3 Å². The Morgan fingerprint density at radius 3 is 2.14 bits per heavy atom. The van der Waals surface area contributed by atoms with Gasteiger partial charge in [0.2, 0.25) is 0 Å². The summed E-state index contributed by atoms with van der Waals surface area (Å²) in [4.78, 5) is 3.41. The van der Waals surface area contributed by atoms with Crippen molar-refractivity contribution in [1.29, 1.82) is 0 Å². The molecule has 1 aromatic rings. The highest BCUT2D eigenvalue weighted by molar-refractivity contribution is 5.32. The lowest BCUT2D eigenvalue weighted by Gasteiger charge is -2.28. The van der Waals surface area contributed by atoms with Crippen LogP contribution in [0.5, 0.6) is 11.5 Å². The Morgan fingerprint density at radius 1 is 0.905 bits per heavy atom. The van der Waals surface area contributed by atoms with E-state index in [-0.39, 0.29) is 0 Å². The SMILES string of the molecule is CCCOc1cccc(OCC[NH+]2CC[NH+](CC)CC2)c1. The molecule has 0 aromatic heterocycles. The first kappa shape index (κ1) is 16.1. The van der Waals surface area contributed by atoms with Crippen molar-refractivity contribution in [3.8, 4) is 11.5 Å². The Balaban J connectivity index is 1.68. The first-order valence-corrected chi connectivity index (χ1v) is 8.34. The number of hydrogen-bond acceptors (Lipinski definition) is 2. The van der Waals surface area contributed by atoms with Crippen molar-refractivity contribution < 1.29 is 19.3 Å². The van der Waals surface area contributed by atoms with Gasteiger partial charge in [-0.3, -0.25) is 0 Å². The van der Waals surface area contributed by atoms with E-state index in [9.17, 15) is 0 Å². The van der Waals surface area contributed by atoms with Gasteiger partial charge in [0.05, 0.1) is 13.2 Å². The van der Waals surface area contributed by atoms with Gasteiger partial charge in [0.15, 0.2) is 0 Å². The number of piperazine rings is 1. The summed E-state index contributed by atoms with van der Waals surface area (Å²) >= 11 is 0. The van der Waals surface area contributed by atoms with Crippen molar-refractivity contribution >= 4 is 0 Å². The minimum Gasteiger partial charge on any atom is -0.493 e. The summed E-state index contributed by atoms with van der Waals surface area (Å²) in [6.45, 7) is 13.4. The van der Waals surface area contributed by atoms with E-state index >= 15 is 0 Å². The monoisotopic (exact) mass is 294 g/mol. The van der Waals surface area contributed by atoms with Gasteiger partial charge in [0, 0.05) is 6.07 Å². The summed E-state index contributed by atoms with van der Waals surface area (Å²) in [5.41, 5.74) is 0. The van der Waals surface area contributed by atoms with Crippen molar-refractivity contribution in [1.82, 2.24) is 0 Å². The second-order valence-electron chi connectivity index (χ2n) is 5.78.